The third-order valence-corrected chi connectivity index (χ3v) is 10.4. The number of aromatic nitrogens is 4. The van der Waals surface area contributed by atoms with Crippen LogP contribution in [-0.2, 0) is 5.41 Å². The molecule has 218 valence electrons. The first-order chi connectivity index (χ1) is 23.3. The first-order valence-corrected chi connectivity index (χ1v) is 16.1. The standard InChI is InChI=1S/C43H26N4/c1-6-16-34-28(11-1)29-12-2-7-17-35(29)43(34)36-18-8-3-13-30(36)31-22-21-27(25-37(31)43)38-26-46-24-23-44-41(46)42(45-38)47-39-19-9-4-14-32(39)33-15-5-10-20-40(33)47/h1-26H. The van der Waals surface area contributed by atoms with E-state index < -0.39 is 5.41 Å². The van der Waals surface area contributed by atoms with Gasteiger partial charge in [0.05, 0.1) is 22.1 Å². The van der Waals surface area contributed by atoms with Gasteiger partial charge in [0.25, 0.3) is 0 Å². The molecule has 0 radical (unpaired) electrons. The van der Waals surface area contributed by atoms with Crippen molar-refractivity contribution in [3.63, 3.8) is 0 Å². The van der Waals surface area contributed by atoms with Crippen LogP contribution in [0.3, 0.4) is 0 Å². The minimum Gasteiger partial charge on any atom is -0.302 e. The second kappa shape index (κ2) is 8.93. The summed E-state index contributed by atoms with van der Waals surface area (Å²) in [5.74, 6) is 0.819. The van der Waals surface area contributed by atoms with Gasteiger partial charge in [-0.2, -0.15) is 0 Å². The van der Waals surface area contributed by atoms with Crippen molar-refractivity contribution in [1.29, 1.82) is 0 Å². The summed E-state index contributed by atoms with van der Waals surface area (Å²) < 4.78 is 4.38. The predicted molar refractivity (Wildman–Crippen MR) is 189 cm³/mol. The number of hydrogen-bond donors (Lipinski definition) is 0. The summed E-state index contributed by atoms with van der Waals surface area (Å²) in [5, 5.41) is 2.41. The summed E-state index contributed by atoms with van der Waals surface area (Å²) in [5.41, 5.74) is 15.2. The summed E-state index contributed by atoms with van der Waals surface area (Å²) in [6, 6.07) is 50.9. The van der Waals surface area contributed by atoms with Gasteiger partial charge in [0, 0.05) is 34.9 Å². The van der Waals surface area contributed by atoms with Gasteiger partial charge in [-0.3, -0.25) is 4.57 Å². The van der Waals surface area contributed by atoms with Crippen LogP contribution >= 0.6 is 0 Å². The van der Waals surface area contributed by atoms with E-state index in [-0.39, 0.29) is 0 Å². The maximum atomic E-state index is 5.44. The van der Waals surface area contributed by atoms with Crippen LogP contribution in [0, 0.1) is 0 Å². The van der Waals surface area contributed by atoms with Gasteiger partial charge in [-0.05, 0) is 62.7 Å². The summed E-state index contributed by atoms with van der Waals surface area (Å²) >= 11 is 0. The smallest absolute Gasteiger partial charge is 0.182 e. The molecule has 3 aromatic heterocycles. The number of imidazole rings is 1. The lowest BCUT2D eigenvalue weighted by atomic mass is 9.70. The van der Waals surface area contributed by atoms with Crippen molar-refractivity contribution in [2.24, 2.45) is 0 Å². The normalized spacial score (nSPS) is 13.7. The van der Waals surface area contributed by atoms with E-state index in [1.807, 2.05) is 12.4 Å². The van der Waals surface area contributed by atoms with Crippen molar-refractivity contribution in [1.82, 2.24) is 18.9 Å². The van der Waals surface area contributed by atoms with Crippen LogP contribution in [0.15, 0.2) is 158 Å². The van der Waals surface area contributed by atoms with E-state index in [1.165, 1.54) is 55.3 Å². The third-order valence-electron chi connectivity index (χ3n) is 10.4. The van der Waals surface area contributed by atoms with E-state index in [9.17, 15) is 0 Å². The number of para-hydroxylation sites is 2. The summed E-state index contributed by atoms with van der Waals surface area (Å²) in [7, 11) is 0. The molecule has 4 nitrogen and oxygen atoms in total. The molecule has 47 heavy (non-hydrogen) atoms. The molecular formula is C43H26N4. The molecule has 0 saturated heterocycles. The average Bonchev–Trinajstić information content (AvgIpc) is 3.89. The predicted octanol–water partition coefficient (Wildman–Crippen LogP) is 9.84. The number of nitrogens with zero attached hydrogens (tertiary/aromatic N) is 4. The highest BCUT2D eigenvalue weighted by Gasteiger charge is 2.51. The molecule has 0 atom stereocenters. The Bertz CT molecular complexity index is 2650. The topological polar surface area (TPSA) is 35.1 Å². The van der Waals surface area contributed by atoms with E-state index in [0.29, 0.717) is 0 Å². The minimum absolute atomic E-state index is 0.399. The summed E-state index contributed by atoms with van der Waals surface area (Å²) in [6.07, 6.45) is 6.00. The number of fused-ring (bicyclic) bond motifs is 14. The van der Waals surface area contributed by atoms with Gasteiger partial charge in [-0.25, -0.2) is 9.97 Å². The second-order valence-corrected chi connectivity index (χ2v) is 12.6. The maximum Gasteiger partial charge on any atom is 0.182 e. The van der Waals surface area contributed by atoms with Gasteiger partial charge in [-0.15, -0.1) is 0 Å². The van der Waals surface area contributed by atoms with Crippen molar-refractivity contribution in [3.05, 3.63) is 180 Å². The molecule has 0 bridgehead atoms. The monoisotopic (exact) mass is 598 g/mol. The van der Waals surface area contributed by atoms with Crippen LogP contribution in [-0.4, -0.2) is 18.9 Å². The largest absolute Gasteiger partial charge is 0.302 e. The molecule has 0 saturated carbocycles. The highest BCUT2D eigenvalue weighted by atomic mass is 15.1. The van der Waals surface area contributed by atoms with Crippen molar-refractivity contribution < 1.29 is 0 Å². The van der Waals surface area contributed by atoms with Crippen molar-refractivity contribution in [3.8, 4) is 39.3 Å². The Balaban J connectivity index is 1.21. The summed E-state index contributed by atoms with van der Waals surface area (Å²) in [4.78, 5) is 10.2. The van der Waals surface area contributed by atoms with Crippen LogP contribution in [0.2, 0.25) is 0 Å². The molecule has 0 N–H and O–H groups in total. The minimum atomic E-state index is -0.399. The highest BCUT2D eigenvalue weighted by molar-refractivity contribution is 6.09. The fraction of sp³-hybridized carbons (Fsp3) is 0.0233. The highest BCUT2D eigenvalue weighted by Crippen LogP contribution is 2.63. The van der Waals surface area contributed by atoms with Gasteiger partial charge >= 0.3 is 0 Å². The maximum absolute atomic E-state index is 5.44. The first kappa shape index (κ1) is 25.0. The Morgan fingerprint density at radius 3 is 1.66 bits per heavy atom. The molecule has 4 heteroatoms. The molecule has 2 aliphatic carbocycles. The van der Waals surface area contributed by atoms with Crippen LogP contribution < -0.4 is 0 Å². The number of hydrogen-bond acceptors (Lipinski definition) is 2. The molecule has 11 rings (SSSR count). The fourth-order valence-corrected chi connectivity index (χ4v) is 8.61. The Morgan fingerprint density at radius 1 is 0.511 bits per heavy atom. The lowest BCUT2D eigenvalue weighted by molar-refractivity contribution is 0.794. The van der Waals surface area contributed by atoms with Gasteiger partial charge in [-0.1, -0.05) is 121 Å². The van der Waals surface area contributed by atoms with Gasteiger partial charge in [0.2, 0.25) is 0 Å². The molecular weight excluding hydrogens is 573 g/mol. The quantitative estimate of drug-likeness (QED) is 0.199. The van der Waals surface area contributed by atoms with Crippen molar-refractivity contribution in [2.45, 2.75) is 5.41 Å². The van der Waals surface area contributed by atoms with Crippen LogP contribution in [0.1, 0.15) is 22.3 Å². The lowest BCUT2D eigenvalue weighted by Gasteiger charge is -2.30. The molecule has 2 aliphatic rings. The number of rotatable bonds is 2. The zero-order valence-corrected chi connectivity index (χ0v) is 25.3. The van der Waals surface area contributed by atoms with Crippen molar-refractivity contribution in [2.75, 3.05) is 0 Å². The average molecular weight is 599 g/mol. The molecule has 6 aromatic carbocycles. The number of benzene rings is 6. The molecule has 0 fully saturated rings. The SMILES string of the molecule is c1ccc2c(c1)-c1ccccc1C21c2ccccc2-c2ccc(-c3cn4ccnc4c(-n4c5ccccc5c5ccccc54)n3)cc21. The lowest BCUT2D eigenvalue weighted by Crippen LogP contribution is -2.25. The van der Waals surface area contributed by atoms with E-state index in [2.05, 4.69) is 155 Å². The van der Waals surface area contributed by atoms with Gasteiger partial charge in [0.15, 0.2) is 11.5 Å². The molecule has 3 heterocycles. The Morgan fingerprint density at radius 2 is 1.04 bits per heavy atom. The summed E-state index contributed by atoms with van der Waals surface area (Å²) in [6.45, 7) is 0. The van der Waals surface area contributed by atoms with E-state index in [1.54, 1.807) is 0 Å². The van der Waals surface area contributed by atoms with Gasteiger partial charge in [0.1, 0.15) is 0 Å². The first-order valence-electron chi connectivity index (χ1n) is 16.1. The zero-order valence-electron chi connectivity index (χ0n) is 25.3. The molecule has 1 spiro atoms. The van der Waals surface area contributed by atoms with Crippen LogP contribution in [0.4, 0.5) is 0 Å². The molecule has 0 aliphatic heterocycles. The molecule has 0 unspecified atom stereocenters. The molecule has 0 amide bonds. The van der Waals surface area contributed by atoms with Gasteiger partial charge < -0.3 is 4.40 Å². The second-order valence-electron chi connectivity index (χ2n) is 12.6. The Kier molecular flexibility index (Phi) is 4.75. The Labute approximate surface area is 270 Å². The van der Waals surface area contributed by atoms with E-state index >= 15 is 0 Å². The van der Waals surface area contributed by atoms with Crippen molar-refractivity contribution >= 4 is 27.5 Å². The van der Waals surface area contributed by atoms with E-state index in [4.69, 9.17) is 9.97 Å². The van der Waals surface area contributed by atoms with E-state index in [0.717, 1.165) is 33.8 Å². The zero-order chi connectivity index (χ0) is 30.7. The van der Waals surface area contributed by atoms with Crippen LogP contribution in [0.5, 0.6) is 0 Å². The van der Waals surface area contributed by atoms with Crippen LogP contribution in [0.25, 0.3) is 66.8 Å². The third kappa shape index (κ3) is 3.07. The fourth-order valence-electron chi connectivity index (χ4n) is 8.61. The molecule has 9 aromatic rings. The Hall–Kier alpha value is -6.26.